The molecule has 0 saturated carbocycles. The summed E-state index contributed by atoms with van der Waals surface area (Å²) >= 11 is 0. The van der Waals surface area contributed by atoms with Crippen molar-refractivity contribution >= 4 is 0 Å². The molecule has 1 aliphatic rings. The maximum atomic E-state index is 2.31. The van der Waals surface area contributed by atoms with E-state index in [2.05, 4.69) is 32.1 Å². The third kappa shape index (κ3) is 2.62. The van der Waals surface area contributed by atoms with E-state index < -0.39 is 0 Å². The van der Waals surface area contributed by atoms with Gasteiger partial charge in [0.05, 0.1) is 0 Å². The van der Waals surface area contributed by atoms with Crippen molar-refractivity contribution in [3.8, 4) is 0 Å². The van der Waals surface area contributed by atoms with Crippen molar-refractivity contribution in [1.29, 1.82) is 0 Å². The fourth-order valence-electron chi connectivity index (χ4n) is 0.960. The Bertz CT molecular complexity index is 134. The minimum absolute atomic E-state index is 0. The van der Waals surface area contributed by atoms with Gasteiger partial charge in [0.15, 0.2) is 0 Å². The van der Waals surface area contributed by atoms with Gasteiger partial charge in [0.2, 0.25) is 0 Å². The quantitative estimate of drug-likeness (QED) is 0.609. The molecule has 0 aromatic heterocycles. The molecule has 0 bridgehead atoms. The minimum Gasteiger partial charge on any atom is -0.0776 e. The van der Waals surface area contributed by atoms with Gasteiger partial charge in [-0.1, -0.05) is 37.6 Å². The first kappa shape index (κ1) is 9.36. The van der Waals surface area contributed by atoms with Gasteiger partial charge >= 0.3 is 0 Å². The zero-order chi connectivity index (χ0) is 5.98. The predicted molar refractivity (Wildman–Crippen MR) is 36.7 cm³/mol. The summed E-state index contributed by atoms with van der Waals surface area (Å²) in [6.07, 6.45) is 7.93. The van der Waals surface area contributed by atoms with E-state index in [0.29, 0.717) is 5.92 Å². The van der Waals surface area contributed by atoms with E-state index in [-0.39, 0.29) is 26.2 Å². The van der Waals surface area contributed by atoms with Crippen LogP contribution in [0.1, 0.15) is 20.3 Å². The van der Waals surface area contributed by atoms with Crippen molar-refractivity contribution in [3.63, 3.8) is 0 Å². The third-order valence-electron chi connectivity index (χ3n) is 1.50. The van der Waals surface area contributed by atoms with E-state index in [4.69, 9.17) is 0 Å². The predicted octanol–water partition coefficient (Wildman–Crippen LogP) is 2.53. The monoisotopic (exact) mass is 198 g/mol. The summed E-state index contributed by atoms with van der Waals surface area (Å²) < 4.78 is 0. The Labute approximate surface area is 76.2 Å². The molecule has 0 N–H and O–H groups in total. The molecule has 0 spiro atoms. The second-order valence-corrected chi connectivity index (χ2v) is 2.31. The maximum absolute atomic E-state index is 2.31. The second kappa shape index (κ2) is 4.22. The third-order valence-corrected chi connectivity index (χ3v) is 1.50. The van der Waals surface area contributed by atoms with E-state index in [1.807, 2.05) is 0 Å². The smallest absolute Gasteiger partial charge is 0 e. The van der Waals surface area contributed by atoms with Crippen LogP contribution in [0.3, 0.4) is 0 Å². The minimum atomic E-state index is 0. The van der Waals surface area contributed by atoms with Crippen molar-refractivity contribution < 1.29 is 26.2 Å². The summed E-state index contributed by atoms with van der Waals surface area (Å²) in [6.45, 7) is 4.40. The molecule has 1 heteroatoms. The summed E-state index contributed by atoms with van der Waals surface area (Å²) in [5.74, 6) is 0.685. The molecule has 1 aliphatic carbocycles. The Morgan fingerprint density at radius 3 is 2.44 bits per heavy atom. The zero-order valence-corrected chi connectivity index (χ0v) is 8.47. The number of allylic oxidation sites excluding steroid dienone is 4. The van der Waals surface area contributed by atoms with Gasteiger partial charge in [-0.15, -0.1) is 0 Å². The van der Waals surface area contributed by atoms with Gasteiger partial charge in [0, 0.05) is 26.2 Å². The van der Waals surface area contributed by atoms with E-state index in [1.165, 1.54) is 12.0 Å². The van der Waals surface area contributed by atoms with Crippen LogP contribution in [0.25, 0.3) is 0 Å². The van der Waals surface area contributed by atoms with E-state index in [9.17, 15) is 0 Å². The van der Waals surface area contributed by atoms with Crippen molar-refractivity contribution in [2.45, 2.75) is 20.3 Å². The molecule has 0 aromatic carbocycles. The molecule has 0 amide bonds. The summed E-state index contributed by atoms with van der Waals surface area (Å²) in [5.41, 5.74) is 1.48. The molecule has 0 fully saturated rings. The molecule has 0 saturated heterocycles. The number of hydrogen-bond donors (Lipinski definition) is 0. The molecule has 48 valence electrons. The van der Waals surface area contributed by atoms with Gasteiger partial charge in [-0.25, -0.2) is 0 Å². The van der Waals surface area contributed by atoms with Gasteiger partial charge in [-0.2, -0.15) is 0 Å². The molecule has 0 heterocycles. The van der Waals surface area contributed by atoms with Crippen LogP contribution in [0.2, 0.25) is 0 Å². The van der Waals surface area contributed by atoms with Crippen LogP contribution in [0, 0.1) is 5.92 Å². The summed E-state index contributed by atoms with van der Waals surface area (Å²) in [7, 11) is 0. The molecular weight excluding hydrogens is 187 g/mol. The summed E-state index contributed by atoms with van der Waals surface area (Å²) in [4.78, 5) is 0. The Balaban J connectivity index is 0.000000640. The van der Waals surface area contributed by atoms with E-state index in [0.717, 1.165) is 0 Å². The average Bonchev–Trinajstić information content (AvgIpc) is 2.14. The van der Waals surface area contributed by atoms with Crippen molar-refractivity contribution in [2.24, 2.45) is 5.92 Å². The average molecular weight is 199 g/mol. The van der Waals surface area contributed by atoms with Gasteiger partial charge in [-0.05, 0) is 12.3 Å². The first-order valence-corrected chi connectivity index (χ1v) is 3.22. The van der Waals surface area contributed by atoms with Crippen molar-refractivity contribution in [2.75, 3.05) is 0 Å². The van der Waals surface area contributed by atoms with Gasteiger partial charge < -0.3 is 0 Å². The first-order valence-electron chi connectivity index (χ1n) is 3.22. The topological polar surface area (TPSA) is 0 Å². The van der Waals surface area contributed by atoms with Gasteiger partial charge in [0.25, 0.3) is 0 Å². The van der Waals surface area contributed by atoms with E-state index >= 15 is 0 Å². The molecule has 1 rings (SSSR count). The fourth-order valence-corrected chi connectivity index (χ4v) is 0.960. The van der Waals surface area contributed by atoms with Crippen LogP contribution in [-0.4, -0.2) is 0 Å². The molecule has 0 aromatic rings. The van der Waals surface area contributed by atoms with Gasteiger partial charge in [-0.3, -0.25) is 0 Å². The van der Waals surface area contributed by atoms with E-state index in [1.54, 1.807) is 0 Å². The second-order valence-electron chi connectivity index (χ2n) is 2.31. The summed E-state index contributed by atoms with van der Waals surface area (Å²) in [6, 6.07) is 0. The largest absolute Gasteiger partial charge is 0.0776 e. The molecule has 0 nitrogen and oxygen atoms in total. The molecule has 9 heavy (non-hydrogen) atoms. The Hall–Kier alpha value is 0.363. The normalized spacial score (nSPS) is 23.3. The van der Waals surface area contributed by atoms with Crippen LogP contribution in [-0.2, 0) is 26.2 Å². The first-order chi connectivity index (χ1) is 3.83. The molecule has 0 radical (unpaired) electrons. The number of hydrogen-bond acceptors (Lipinski definition) is 0. The maximum Gasteiger partial charge on any atom is 0 e. The Morgan fingerprint density at radius 1 is 1.56 bits per heavy atom. The number of rotatable bonds is 1. The molecule has 1 unspecified atom stereocenters. The molecular formula is C8H12Zr. The van der Waals surface area contributed by atoms with Crippen LogP contribution in [0.15, 0.2) is 23.8 Å². The van der Waals surface area contributed by atoms with Crippen LogP contribution in [0.4, 0.5) is 0 Å². The molecule has 0 aliphatic heterocycles. The van der Waals surface area contributed by atoms with Crippen LogP contribution in [0.5, 0.6) is 0 Å². The van der Waals surface area contributed by atoms with Crippen molar-refractivity contribution in [1.82, 2.24) is 0 Å². The Kier molecular flexibility index (Phi) is 4.39. The summed E-state index contributed by atoms with van der Waals surface area (Å²) in [5, 5.41) is 0. The zero-order valence-electron chi connectivity index (χ0n) is 6.02. The van der Waals surface area contributed by atoms with Crippen molar-refractivity contribution in [3.05, 3.63) is 23.8 Å². The van der Waals surface area contributed by atoms with Gasteiger partial charge in [0.1, 0.15) is 0 Å². The SMILES string of the molecule is CCC1=CC(C)C=C1.[Zr]. The van der Waals surface area contributed by atoms with Crippen LogP contribution < -0.4 is 0 Å². The van der Waals surface area contributed by atoms with Crippen LogP contribution >= 0.6 is 0 Å². The standard InChI is InChI=1S/C8H12.Zr/c1-3-8-5-4-7(2)6-8;/h4-7H,3H2,1-2H3;. The molecule has 1 atom stereocenters. The fraction of sp³-hybridized carbons (Fsp3) is 0.500. The Morgan fingerprint density at radius 2 is 2.22 bits per heavy atom.